The number of hydrogen-bond acceptors (Lipinski definition) is 5. The third-order valence-corrected chi connectivity index (χ3v) is 6.55. The summed E-state index contributed by atoms with van der Waals surface area (Å²) >= 11 is 13.2. The molecule has 11 heteroatoms. The highest BCUT2D eigenvalue weighted by molar-refractivity contribution is 8.00. The smallest absolute Gasteiger partial charge is 0.238 e. The quantitative estimate of drug-likeness (QED) is 0.524. The number of carbonyl (C=O) groups excluding carboxylic acids is 1. The van der Waals surface area contributed by atoms with Crippen molar-refractivity contribution in [3.63, 3.8) is 0 Å². The van der Waals surface area contributed by atoms with E-state index in [1.54, 1.807) is 31.2 Å². The highest BCUT2D eigenvalue weighted by Crippen LogP contribution is 2.29. The lowest BCUT2D eigenvalue weighted by Gasteiger charge is -2.13. The SMILES string of the molecule is CCn1c(SC(C)C(=O)Nc2cc(Cl)cc(Cl)c2)nc2cc(S(N)(=O)=O)ccc21. The number of aryl methyl sites for hydroxylation is 1. The Morgan fingerprint density at radius 3 is 2.48 bits per heavy atom. The van der Waals surface area contributed by atoms with E-state index >= 15 is 0 Å². The highest BCUT2D eigenvalue weighted by atomic mass is 35.5. The van der Waals surface area contributed by atoms with Gasteiger partial charge in [0.05, 0.1) is 21.2 Å². The van der Waals surface area contributed by atoms with Crippen molar-refractivity contribution in [1.29, 1.82) is 0 Å². The fourth-order valence-corrected chi connectivity index (χ4v) is 4.79. The number of benzene rings is 2. The zero-order valence-corrected chi connectivity index (χ0v) is 18.7. The predicted molar refractivity (Wildman–Crippen MR) is 117 cm³/mol. The van der Waals surface area contributed by atoms with Gasteiger partial charge in [-0.1, -0.05) is 35.0 Å². The first-order valence-electron chi connectivity index (χ1n) is 8.55. The topological polar surface area (TPSA) is 107 Å². The van der Waals surface area contributed by atoms with Crippen LogP contribution in [0.15, 0.2) is 46.5 Å². The van der Waals surface area contributed by atoms with Crippen LogP contribution < -0.4 is 10.5 Å². The van der Waals surface area contributed by atoms with Crippen LogP contribution in [-0.4, -0.2) is 29.1 Å². The number of rotatable bonds is 6. The zero-order valence-electron chi connectivity index (χ0n) is 15.5. The van der Waals surface area contributed by atoms with Crippen molar-refractivity contribution < 1.29 is 13.2 Å². The van der Waals surface area contributed by atoms with Gasteiger partial charge in [0.25, 0.3) is 0 Å². The van der Waals surface area contributed by atoms with E-state index in [1.807, 2.05) is 11.5 Å². The molecule has 3 aromatic rings. The number of halogens is 2. The summed E-state index contributed by atoms with van der Waals surface area (Å²) in [6, 6.07) is 9.33. The summed E-state index contributed by atoms with van der Waals surface area (Å²) in [5, 5.41) is 8.95. The number of primary sulfonamides is 1. The van der Waals surface area contributed by atoms with Gasteiger partial charge in [-0.3, -0.25) is 4.79 Å². The molecule has 0 aliphatic rings. The van der Waals surface area contributed by atoms with Gasteiger partial charge in [-0.2, -0.15) is 0 Å². The van der Waals surface area contributed by atoms with E-state index in [-0.39, 0.29) is 10.8 Å². The molecule has 1 amide bonds. The molecular weight excluding hydrogens is 455 g/mol. The van der Waals surface area contributed by atoms with Crippen LogP contribution in [0.3, 0.4) is 0 Å². The van der Waals surface area contributed by atoms with E-state index in [0.717, 1.165) is 5.52 Å². The van der Waals surface area contributed by atoms with E-state index < -0.39 is 15.3 Å². The molecule has 0 aliphatic carbocycles. The van der Waals surface area contributed by atoms with Crippen molar-refractivity contribution in [3.8, 4) is 0 Å². The van der Waals surface area contributed by atoms with Gasteiger partial charge >= 0.3 is 0 Å². The number of amides is 1. The van der Waals surface area contributed by atoms with Crippen LogP contribution in [0.25, 0.3) is 11.0 Å². The predicted octanol–water partition coefficient (Wildman–Crippen LogP) is 4.13. The minimum absolute atomic E-state index is 0.00840. The Labute approximate surface area is 182 Å². The maximum atomic E-state index is 12.6. The lowest BCUT2D eigenvalue weighted by molar-refractivity contribution is -0.115. The Bertz CT molecular complexity index is 1180. The Balaban J connectivity index is 1.85. The summed E-state index contributed by atoms with van der Waals surface area (Å²) in [5.41, 5.74) is 1.76. The van der Waals surface area contributed by atoms with Crippen LogP contribution in [0, 0.1) is 0 Å². The number of nitrogens with one attached hydrogen (secondary N) is 1. The van der Waals surface area contributed by atoms with Crippen molar-refractivity contribution in [2.24, 2.45) is 5.14 Å². The molecule has 0 aliphatic heterocycles. The number of nitrogens with zero attached hydrogens (tertiary/aromatic N) is 2. The van der Waals surface area contributed by atoms with Crippen molar-refractivity contribution in [1.82, 2.24) is 9.55 Å². The van der Waals surface area contributed by atoms with Gasteiger partial charge in [-0.15, -0.1) is 0 Å². The minimum atomic E-state index is -3.82. The average Bonchev–Trinajstić information content (AvgIpc) is 2.96. The standard InChI is InChI=1S/C18H18Cl2N4O3S2/c1-3-24-16-5-4-14(29(21,26)27)9-15(16)23-18(24)28-10(2)17(25)22-13-7-11(19)6-12(20)8-13/h4-10H,3H2,1-2H3,(H,22,25)(H2,21,26,27). The number of hydrogen-bond donors (Lipinski definition) is 2. The number of anilines is 1. The first kappa shape index (κ1) is 21.9. The number of sulfonamides is 1. The molecule has 1 heterocycles. The molecule has 3 rings (SSSR count). The second kappa shape index (κ2) is 8.53. The molecule has 0 saturated heterocycles. The highest BCUT2D eigenvalue weighted by Gasteiger charge is 2.20. The summed E-state index contributed by atoms with van der Waals surface area (Å²) < 4.78 is 25.1. The number of fused-ring (bicyclic) bond motifs is 1. The Morgan fingerprint density at radius 2 is 1.90 bits per heavy atom. The molecule has 0 spiro atoms. The Hall–Kier alpha value is -1.78. The van der Waals surface area contributed by atoms with E-state index in [2.05, 4.69) is 10.3 Å². The van der Waals surface area contributed by atoms with Gasteiger partial charge in [-0.25, -0.2) is 18.5 Å². The lowest BCUT2D eigenvalue weighted by atomic mass is 10.3. The number of aromatic nitrogens is 2. The van der Waals surface area contributed by atoms with Crippen molar-refractivity contribution >= 4 is 67.6 Å². The van der Waals surface area contributed by atoms with Crippen LogP contribution >= 0.6 is 35.0 Å². The number of thioether (sulfide) groups is 1. The van der Waals surface area contributed by atoms with E-state index in [9.17, 15) is 13.2 Å². The van der Waals surface area contributed by atoms with Gasteiger partial charge in [0.15, 0.2) is 5.16 Å². The number of imidazole rings is 1. The molecule has 0 bridgehead atoms. The van der Waals surface area contributed by atoms with Crippen molar-refractivity contribution in [2.75, 3.05) is 5.32 Å². The molecule has 0 saturated carbocycles. The molecule has 0 fully saturated rings. The number of carbonyl (C=O) groups is 1. The fraction of sp³-hybridized carbons (Fsp3) is 0.222. The Kier molecular flexibility index (Phi) is 6.45. The summed E-state index contributed by atoms with van der Waals surface area (Å²) in [7, 11) is -3.82. The monoisotopic (exact) mass is 472 g/mol. The largest absolute Gasteiger partial charge is 0.325 e. The third kappa shape index (κ3) is 5.04. The van der Waals surface area contributed by atoms with Crippen molar-refractivity contribution in [3.05, 3.63) is 46.4 Å². The van der Waals surface area contributed by atoms with Gasteiger partial charge in [-0.05, 0) is 50.2 Å². The van der Waals surface area contributed by atoms with Gasteiger partial charge in [0.2, 0.25) is 15.9 Å². The van der Waals surface area contributed by atoms with Crippen LogP contribution in [0.4, 0.5) is 5.69 Å². The summed E-state index contributed by atoms with van der Waals surface area (Å²) in [4.78, 5) is 17.1. The first-order valence-corrected chi connectivity index (χ1v) is 11.7. The van der Waals surface area contributed by atoms with Gasteiger partial charge < -0.3 is 9.88 Å². The lowest BCUT2D eigenvalue weighted by Crippen LogP contribution is -2.22. The molecule has 1 aromatic heterocycles. The van der Waals surface area contributed by atoms with E-state index in [0.29, 0.717) is 33.0 Å². The van der Waals surface area contributed by atoms with E-state index in [4.69, 9.17) is 28.3 Å². The third-order valence-electron chi connectivity index (χ3n) is 4.11. The molecular formula is C18H18Cl2N4O3S2. The molecule has 0 radical (unpaired) electrons. The molecule has 29 heavy (non-hydrogen) atoms. The number of nitrogens with two attached hydrogens (primary N) is 1. The normalized spacial score (nSPS) is 12.9. The zero-order chi connectivity index (χ0) is 21.3. The first-order chi connectivity index (χ1) is 13.6. The van der Waals surface area contributed by atoms with Crippen LogP contribution in [0.2, 0.25) is 10.0 Å². The molecule has 7 nitrogen and oxygen atoms in total. The molecule has 154 valence electrons. The maximum absolute atomic E-state index is 12.6. The summed E-state index contributed by atoms with van der Waals surface area (Å²) in [6.07, 6.45) is 0. The molecule has 1 unspecified atom stereocenters. The van der Waals surface area contributed by atoms with Gasteiger partial charge in [0.1, 0.15) is 0 Å². The second-order valence-electron chi connectivity index (χ2n) is 6.24. The van der Waals surface area contributed by atoms with Gasteiger partial charge in [0, 0.05) is 22.3 Å². The summed E-state index contributed by atoms with van der Waals surface area (Å²) in [6.45, 7) is 4.30. The average molecular weight is 473 g/mol. The van der Waals surface area contributed by atoms with Crippen molar-refractivity contribution in [2.45, 2.75) is 35.7 Å². The van der Waals surface area contributed by atoms with E-state index in [1.165, 1.54) is 23.9 Å². The molecule has 3 N–H and O–H groups in total. The Morgan fingerprint density at radius 1 is 1.24 bits per heavy atom. The maximum Gasteiger partial charge on any atom is 0.238 e. The molecule has 1 atom stereocenters. The van der Waals surface area contributed by atoms with Crippen LogP contribution in [0.5, 0.6) is 0 Å². The summed E-state index contributed by atoms with van der Waals surface area (Å²) in [5.74, 6) is -0.242. The second-order valence-corrected chi connectivity index (χ2v) is 9.98. The molecule has 2 aromatic carbocycles. The minimum Gasteiger partial charge on any atom is -0.325 e. The van der Waals surface area contributed by atoms with Crippen LogP contribution in [0.1, 0.15) is 13.8 Å². The fourth-order valence-electron chi connectivity index (χ4n) is 2.74. The van der Waals surface area contributed by atoms with Crippen LogP contribution in [-0.2, 0) is 21.4 Å².